The van der Waals surface area contributed by atoms with Crippen molar-refractivity contribution in [2.45, 2.75) is 65.0 Å². The van der Waals surface area contributed by atoms with Gasteiger partial charge in [0.15, 0.2) is 0 Å². The number of amides is 2. The number of halogens is 1. The summed E-state index contributed by atoms with van der Waals surface area (Å²) in [7, 11) is 0. The van der Waals surface area contributed by atoms with Gasteiger partial charge in [0.2, 0.25) is 5.91 Å². The molecule has 1 aromatic rings. The Morgan fingerprint density at radius 3 is 2.56 bits per heavy atom. The summed E-state index contributed by atoms with van der Waals surface area (Å²) in [6.07, 6.45) is 3.77. The lowest BCUT2D eigenvalue weighted by molar-refractivity contribution is -0.122. The highest BCUT2D eigenvalue weighted by molar-refractivity contribution is 5.99. The maximum Gasteiger partial charge on any atom is 0.251 e. The molecule has 2 rings (SSSR count). The lowest BCUT2D eigenvalue weighted by Crippen LogP contribution is -2.51. The van der Waals surface area contributed by atoms with Crippen molar-refractivity contribution in [3.63, 3.8) is 0 Å². The van der Waals surface area contributed by atoms with Gasteiger partial charge in [-0.25, -0.2) is 0 Å². The molecular weight excluding hydrogens is 338 g/mol. The maximum absolute atomic E-state index is 12.6. The zero-order valence-electron chi connectivity index (χ0n) is 15.5. The quantitative estimate of drug-likeness (QED) is 0.762. The topological polar surface area (TPSA) is 84.2 Å². The molecule has 0 bridgehead atoms. The molecule has 0 saturated heterocycles. The van der Waals surface area contributed by atoms with Crippen molar-refractivity contribution < 1.29 is 9.59 Å². The fourth-order valence-corrected chi connectivity index (χ4v) is 3.30. The summed E-state index contributed by atoms with van der Waals surface area (Å²) in [6, 6.07) is 5.49. The normalized spacial score (nSPS) is 22.9. The van der Waals surface area contributed by atoms with E-state index in [1.807, 2.05) is 39.8 Å². The molecule has 1 fully saturated rings. The fourth-order valence-electron chi connectivity index (χ4n) is 3.30. The lowest BCUT2D eigenvalue weighted by Gasteiger charge is -2.37. The summed E-state index contributed by atoms with van der Waals surface area (Å²) in [5.74, 6) is -0.376. The number of nitrogens with one attached hydrogen (secondary N) is 2. The molecule has 4 N–H and O–H groups in total. The number of rotatable bonds is 4. The minimum Gasteiger partial charge on any atom is -0.350 e. The van der Waals surface area contributed by atoms with E-state index in [4.69, 9.17) is 5.73 Å². The summed E-state index contributed by atoms with van der Waals surface area (Å²) in [5.41, 5.74) is 7.95. The average molecular weight is 368 g/mol. The van der Waals surface area contributed by atoms with Crippen LogP contribution in [0.5, 0.6) is 0 Å². The second-order valence-corrected chi connectivity index (χ2v) is 7.45. The standard InChI is InChI=1S/C19H29N3O2.ClH/c1-12(2)21-17(23)15-11-14(9-8-13(15)3)22-18(24)16-7-5-6-10-19(16,4)20;/h8-9,11-12,16H,5-7,10,20H2,1-4H3,(H,21,23)(H,22,24);1H. The van der Waals surface area contributed by atoms with Crippen LogP contribution in [0.4, 0.5) is 5.69 Å². The Balaban J connectivity index is 0.00000312. The molecule has 0 radical (unpaired) electrons. The molecule has 0 spiro atoms. The van der Waals surface area contributed by atoms with Crippen LogP contribution < -0.4 is 16.4 Å². The van der Waals surface area contributed by atoms with Gasteiger partial charge in [0, 0.05) is 22.8 Å². The first-order chi connectivity index (χ1) is 11.2. The molecule has 0 aliphatic heterocycles. The molecule has 0 heterocycles. The number of anilines is 1. The summed E-state index contributed by atoms with van der Waals surface area (Å²) in [5, 5.41) is 5.83. The third-order valence-electron chi connectivity index (χ3n) is 4.74. The molecule has 6 heteroatoms. The second kappa shape index (κ2) is 8.68. The highest BCUT2D eigenvalue weighted by Gasteiger charge is 2.37. The predicted molar refractivity (Wildman–Crippen MR) is 104 cm³/mol. The Labute approximate surface area is 156 Å². The first-order valence-corrected chi connectivity index (χ1v) is 8.72. The number of nitrogens with two attached hydrogens (primary N) is 1. The van der Waals surface area contributed by atoms with Crippen LogP contribution in [0.2, 0.25) is 0 Å². The van der Waals surface area contributed by atoms with Gasteiger partial charge >= 0.3 is 0 Å². The van der Waals surface area contributed by atoms with Crippen LogP contribution in [0.1, 0.15) is 62.4 Å². The summed E-state index contributed by atoms with van der Waals surface area (Å²) in [6.45, 7) is 7.68. The van der Waals surface area contributed by atoms with Crippen molar-refractivity contribution in [3.8, 4) is 0 Å². The van der Waals surface area contributed by atoms with Gasteiger partial charge in [0.1, 0.15) is 0 Å². The molecule has 1 saturated carbocycles. The van der Waals surface area contributed by atoms with E-state index in [0.717, 1.165) is 31.2 Å². The Bertz CT molecular complexity index is 629. The van der Waals surface area contributed by atoms with Gasteiger partial charge in [-0.3, -0.25) is 9.59 Å². The van der Waals surface area contributed by atoms with E-state index in [-0.39, 0.29) is 36.2 Å². The third-order valence-corrected chi connectivity index (χ3v) is 4.74. The van der Waals surface area contributed by atoms with Crippen LogP contribution >= 0.6 is 12.4 Å². The molecule has 1 aliphatic rings. The summed E-state index contributed by atoms with van der Waals surface area (Å²) >= 11 is 0. The SMILES string of the molecule is Cc1ccc(NC(=O)C2CCCCC2(C)N)cc1C(=O)NC(C)C.Cl. The average Bonchev–Trinajstić information content (AvgIpc) is 2.47. The van der Waals surface area contributed by atoms with Gasteiger partial charge in [0.25, 0.3) is 5.91 Å². The van der Waals surface area contributed by atoms with Crippen molar-refractivity contribution in [1.82, 2.24) is 5.32 Å². The highest BCUT2D eigenvalue weighted by atomic mass is 35.5. The van der Waals surface area contributed by atoms with Gasteiger partial charge in [-0.1, -0.05) is 18.9 Å². The van der Waals surface area contributed by atoms with Crippen molar-refractivity contribution in [1.29, 1.82) is 0 Å². The van der Waals surface area contributed by atoms with E-state index in [2.05, 4.69) is 10.6 Å². The van der Waals surface area contributed by atoms with Crippen molar-refractivity contribution in [2.75, 3.05) is 5.32 Å². The van der Waals surface area contributed by atoms with Crippen molar-refractivity contribution >= 4 is 29.9 Å². The molecule has 2 amide bonds. The third kappa shape index (κ3) is 5.44. The zero-order chi connectivity index (χ0) is 17.9. The number of benzene rings is 1. The van der Waals surface area contributed by atoms with E-state index in [1.165, 1.54) is 0 Å². The molecular formula is C19H30ClN3O2. The monoisotopic (exact) mass is 367 g/mol. The van der Waals surface area contributed by atoms with Crippen molar-refractivity contribution in [3.05, 3.63) is 29.3 Å². The van der Waals surface area contributed by atoms with Crippen LogP contribution in [-0.4, -0.2) is 23.4 Å². The van der Waals surface area contributed by atoms with Gasteiger partial charge in [-0.15, -0.1) is 12.4 Å². The van der Waals surface area contributed by atoms with Crippen LogP contribution in [0.3, 0.4) is 0 Å². The van der Waals surface area contributed by atoms with Crippen LogP contribution in [-0.2, 0) is 4.79 Å². The van der Waals surface area contributed by atoms with Gasteiger partial charge in [-0.05, 0) is 58.2 Å². The molecule has 25 heavy (non-hydrogen) atoms. The van der Waals surface area contributed by atoms with E-state index < -0.39 is 5.54 Å². The number of aryl methyl sites for hydroxylation is 1. The van der Waals surface area contributed by atoms with Gasteiger partial charge < -0.3 is 16.4 Å². The maximum atomic E-state index is 12.6. The van der Waals surface area contributed by atoms with E-state index in [0.29, 0.717) is 11.3 Å². The van der Waals surface area contributed by atoms with E-state index in [1.54, 1.807) is 6.07 Å². The molecule has 2 unspecified atom stereocenters. The summed E-state index contributed by atoms with van der Waals surface area (Å²) in [4.78, 5) is 24.9. The molecule has 2 atom stereocenters. The number of hydrogen-bond acceptors (Lipinski definition) is 3. The molecule has 0 aromatic heterocycles. The van der Waals surface area contributed by atoms with E-state index in [9.17, 15) is 9.59 Å². The Kier molecular flexibility index (Phi) is 7.44. The number of hydrogen-bond donors (Lipinski definition) is 3. The summed E-state index contributed by atoms with van der Waals surface area (Å²) < 4.78 is 0. The van der Waals surface area contributed by atoms with Gasteiger partial charge in [-0.2, -0.15) is 0 Å². The largest absolute Gasteiger partial charge is 0.350 e. The van der Waals surface area contributed by atoms with Gasteiger partial charge in [0.05, 0.1) is 5.92 Å². The molecule has 140 valence electrons. The highest BCUT2D eigenvalue weighted by Crippen LogP contribution is 2.32. The van der Waals surface area contributed by atoms with E-state index >= 15 is 0 Å². The van der Waals surface area contributed by atoms with Crippen LogP contribution in [0.15, 0.2) is 18.2 Å². The van der Waals surface area contributed by atoms with Crippen molar-refractivity contribution in [2.24, 2.45) is 11.7 Å². The number of carbonyl (C=O) groups excluding carboxylic acids is 2. The Hall–Kier alpha value is -1.59. The fraction of sp³-hybridized carbons (Fsp3) is 0.579. The first-order valence-electron chi connectivity index (χ1n) is 8.72. The molecule has 5 nitrogen and oxygen atoms in total. The zero-order valence-corrected chi connectivity index (χ0v) is 16.3. The minimum atomic E-state index is -0.467. The lowest BCUT2D eigenvalue weighted by atomic mass is 9.74. The first kappa shape index (κ1) is 21.5. The second-order valence-electron chi connectivity index (χ2n) is 7.45. The number of carbonyl (C=O) groups is 2. The Morgan fingerprint density at radius 2 is 1.96 bits per heavy atom. The minimum absolute atomic E-state index is 0. The van der Waals surface area contributed by atoms with Crippen LogP contribution in [0.25, 0.3) is 0 Å². The Morgan fingerprint density at radius 1 is 1.28 bits per heavy atom. The molecule has 1 aromatic carbocycles. The van der Waals surface area contributed by atoms with Crippen LogP contribution in [0, 0.1) is 12.8 Å². The predicted octanol–water partition coefficient (Wildman–Crippen LogP) is 3.40. The molecule has 1 aliphatic carbocycles. The smallest absolute Gasteiger partial charge is 0.251 e.